The highest BCUT2D eigenvalue weighted by molar-refractivity contribution is 7.26. The predicted octanol–water partition coefficient (Wildman–Crippen LogP) is 10.4. The van der Waals surface area contributed by atoms with Crippen LogP contribution >= 0.6 is 11.3 Å². The molecule has 4 heteroatoms. The van der Waals surface area contributed by atoms with E-state index in [4.69, 9.17) is 4.98 Å². The number of hydrogen-bond acceptors (Lipinski definition) is 3. The lowest BCUT2D eigenvalue weighted by Crippen LogP contribution is -2.09. The van der Waals surface area contributed by atoms with E-state index in [2.05, 4.69) is 132 Å². The number of anilines is 3. The van der Waals surface area contributed by atoms with Crippen LogP contribution < -0.4 is 4.90 Å². The highest BCUT2D eigenvalue weighted by Crippen LogP contribution is 2.44. The van der Waals surface area contributed by atoms with Gasteiger partial charge in [0.25, 0.3) is 0 Å². The van der Waals surface area contributed by atoms with Gasteiger partial charge in [-0.3, -0.25) is 4.98 Å². The minimum atomic E-state index is 0.491. The first-order valence-corrected chi connectivity index (χ1v) is 14.6. The third-order valence-corrected chi connectivity index (χ3v) is 9.29. The van der Waals surface area contributed by atoms with E-state index in [1.165, 1.54) is 42.3 Å². The Morgan fingerprint density at radius 1 is 0.750 bits per heavy atom. The quantitative estimate of drug-likeness (QED) is 0.224. The van der Waals surface area contributed by atoms with Gasteiger partial charge in [-0.15, -0.1) is 11.3 Å². The molecule has 0 saturated carbocycles. The number of nitrogens with zero attached hydrogens (tertiary/aromatic N) is 3. The van der Waals surface area contributed by atoms with Gasteiger partial charge in [0.2, 0.25) is 0 Å². The summed E-state index contributed by atoms with van der Waals surface area (Å²) >= 11 is 1.86. The maximum atomic E-state index is 4.80. The van der Waals surface area contributed by atoms with Crippen LogP contribution in [-0.4, -0.2) is 9.55 Å². The van der Waals surface area contributed by atoms with Crippen LogP contribution in [0.15, 0.2) is 122 Å². The molecule has 0 bridgehead atoms. The number of rotatable bonds is 4. The Morgan fingerprint density at radius 2 is 1.48 bits per heavy atom. The van der Waals surface area contributed by atoms with E-state index >= 15 is 0 Å². The molecule has 0 spiro atoms. The number of para-hydroxylation sites is 3. The SMILES string of the molecule is CC1CC=Cc2c1c1ccccc1n2-c1cncc2c1sc1ccc(N(c3ccccc3)c3ccccc3)cc12. The van der Waals surface area contributed by atoms with Crippen LogP contribution in [0.3, 0.4) is 0 Å². The predicted molar refractivity (Wildman–Crippen MR) is 171 cm³/mol. The molecule has 0 saturated heterocycles. The largest absolute Gasteiger partial charge is 0.310 e. The maximum Gasteiger partial charge on any atom is 0.0825 e. The van der Waals surface area contributed by atoms with Crippen molar-refractivity contribution in [3.05, 3.63) is 133 Å². The van der Waals surface area contributed by atoms with Gasteiger partial charge in [-0.25, -0.2) is 0 Å². The molecular formula is C36H27N3S. The summed E-state index contributed by atoms with van der Waals surface area (Å²) in [5.74, 6) is 0.491. The molecule has 3 aromatic heterocycles. The zero-order valence-electron chi connectivity index (χ0n) is 22.2. The Bertz CT molecular complexity index is 2010. The van der Waals surface area contributed by atoms with E-state index in [0.29, 0.717) is 5.92 Å². The number of aromatic nitrogens is 2. The second-order valence-corrected chi connectivity index (χ2v) is 11.6. The van der Waals surface area contributed by atoms with Crippen molar-refractivity contribution < 1.29 is 0 Å². The summed E-state index contributed by atoms with van der Waals surface area (Å²) < 4.78 is 4.97. The van der Waals surface area contributed by atoms with Gasteiger partial charge in [-0.05, 0) is 72.5 Å². The van der Waals surface area contributed by atoms with Crippen LogP contribution in [0.2, 0.25) is 0 Å². The van der Waals surface area contributed by atoms with E-state index in [9.17, 15) is 0 Å². The molecule has 3 heterocycles. The van der Waals surface area contributed by atoms with Crippen molar-refractivity contribution in [2.24, 2.45) is 0 Å². The number of hydrogen-bond donors (Lipinski definition) is 0. The van der Waals surface area contributed by atoms with Gasteiger partial charge in [-0.2, -0.15) is 0 Å². The first-order valence-electron chi connectivity index (χ1n) is 13.8. The fraction of sp³-hybridized carbons (Fsp3) is 0.0833. The Hall–Kier alpha value is -4.67. The molecule has 0 N–H and O–H groups in total. The Balaban J connectivity index is 1.36. The van der Waals surface area contributed by atoms with Gasteiger partial charge in [0.05, 0.1) is 27.8 Å². The lowest BCUT2D eigenvalue weighted by Gasteiger charge is -2.25. The fourth-order valence-electron chi connectivity index (χ4n) is 6.29. The first-order chi connectivity index (χ1) is 19.8. The summed E-state index contributed by atoms with van der Waals surface area (Å²) in [6.07, 6.45) is 9.77. The zero-order chi connectivity index (χ0) is 26.6. The average Bonchev–Trinajstić information content (AvgIpc) is 3.55. The summed E-state index contributed by atoms with van der Waals surface area (Å²) in [6, 6.07) is 36.8. The summed E-state index contributed by atoms with van der Waals surface area (Å²) in [6.45, 7) is 2.34. The van der Waals surface area contributed by atoms with Crippen LogP contribution in [0.1, 0.15) is 30.5 Å². The number of thiophene rings is 1. The molecule has 0 aliphatic heterocycles. The van der Waals surface area contributed by atoms with Gasteiger partial charge in [-0.1, -0.05) is 67.6 Å². The van der Waals surface area contributed by atoms with Gasteiger partial charge in [0.1, 0.15) is 0 Å². The summed E-state index contributed by atoms with van der Waals surface area (Å²) in [4.78, 5) is 7.13. The minimum Gasteiger partial charge on any atom is -0.310 e. The lowest BCUT2D eigenvalue weighted by molar-refractivity contribution is 0.773. The van der Waals surface area contributed by atoms with E-state index in [1.807, 2.05) is 23.7 Å². The number of pyridine rings is 1. The summed E-state index contributed by atoms with van der Waals surface area (Å²) in [5.41, 5.74) is 8.54. The molecule has 192 valence electrons. The number of benzene rings is 4. The molecule has 0 fully saturated rings. The van der Waals surface area contributed by atoms with E-state index in [1.54, 1.807) is 0 Å². The molecule has 40 heavy (non-hydrogen) atoms. The highest BCUT2D eigenvalue weighted by Gasteiger charge is 2.24. The molecule has 4 aromatic carbocycles. The van der Waals surface area contributed by atoms with Crippen molar-refractivity contribution in [1.82, 2.24) is 9.55 Å². The van der Waals surface area contributed by atoms with Crippen molar-refractivity contribution >= 4 is 65.6 Å². The minimum absolute atomic E-state index is 0.491. The molecule has 3 nitrogen and oxygen atoms in total. The van der Waals surface area contributed by atoms with E-state index in [0.717, 1.165) is 29.2 Å². The molecule has 1 aliphatic carbocycles. The fourth-order valence-corrected chi connectivity index (χ4v) is 7.45. The van der Waals surface area contributed by atoms with Gasteiger partial charge >= 0.3 is 0 Å². The van der Waals surface area contributed by atoms with Crippen molar-refractivity contribution in [3.8, 4) is 5.69 Å². The third-order valence-electron chi connectivity index (χ3n) is 8.08. The molecule has 7 aromatic rings. The molecular weight excluding hydrogens is 506 g/mol. The third kappa shape index (κ3) is 3.53. The number of fused-ring (bicyclic) bond motifs is 6. The van der Waals surface area contributed by atoms with Crippen LogP contribution in [0, 0.1) is 0 Å². The molecule has 1 atom stereocenters. The van der Waals surface area contributed by atoms with Gasteiger partial charge < -0.3 is 9.47 Å². The van der Waals surface area contributed by atoms with Crippen LogP contribution in [0.25, 0.3) is 42.8 Å². The van der Waals surface area contributed by atoms with Crippen molar-refractivity contribution in [3.63, 3.8) is 0 Å². The monoisotopic (exact) mass is 533 g/mol. The Morgan fingerprint density at radius 3 is 2.25 bits per heavy atom. The van der Waals surface area contributed by atoms with Crippen LogP contribution in [0.4, 0.5) is 17.1 Å². The highest BCUT2D eigenvalue weighted by atomic mass is 32.1. The summed E-state index contributed by atoms with van der Waals surface area (Å²) in [7, 11) is 0. The van der Waals surface area contributed by atoms with Crippen LogP contribution in [-0.2, 0) is 0 Å². The smallest absolute Gasteiger partial charge is 0.0825 e. The standard InChI is InChI=1S/C36H27N3S/c1-24-11-10-18-32-35(24)28-16-8-9-17-31(28)39(32)33-23-37-22-30-29-21-27(19-20-34(29)40-36(30)33)38(25-12-4-2-5-13-25)26-14-6-3-7-15-26/h2-10,12-24H,11H2,1H3. The molecule has 1 unspecified atom stereocenters. The van der Waals surface area contributed by atoms with Crippen molar-refractivity contribution in [2.75, 3.05) is 4.90 Å². The van der Waals surface area contributed by atoms with Gasteiger partial charge in [0.15, 0.2) is 0 Å². The van der Waals surface area contributed by atoms with E-state index in [-0.39, 0.29) is 0 Å². The molecule has 8 rings (SSSR count). The summed E-state index contributed by atoms with van der Waals surface area (Å²) in [5, 5.41) is 3.77. The molecule has 0 radical (unpaired) electrons. The second kappa shape index (κ2) is 9.22. The van der Waals surface area contributed by atoms with Crippen molar-refractivity contribution in [2.45, 2.75) is 19.3 Å². The van der Waals surface area contributed by atoms with Crippen molar-refractivity contribution in [1.29, 1.82) is 0 Å². The normalized spacial score (nSPS) is 14.7. The lowest BCUT2D eigenvalue weighted by atomic mass is 9.91. The Labute approximate surface area is 237 Å². The maximum absolute atomic E-state index is 4.80. The molecule has 1 aliphatic rings. The van der Waals surface area contributed by atoms with E-state index < -0.39 is 0 Å². The molecule has 0 amide bonds. The Kier molecular flexibility index (Phi) is 5.35. The van der Waals surface area contributed by atoms with Crippen LogP contribution in [0.5, 0.6) is 0 Å². The topological polar surface area (TPSA) is 21.1 Å². The average molecular weight is 534 g/mol. The number of allylic oxidation sites excluding steroid dienone is 1. The first kappa shape index (κ1) is 23.2. The second-order valence-electron chi connectivity index (χ2n) is 10.5. The zero-order valence-corrected chi connectivity index (χ0v) is 23.0. The van der Waals surface area contributed by atoms with Gasteiger partial charge in [0, 0.05) is 44.1 Å².